The van der Waals surface area contributed by atoms with Crippen LogP contribution >= 0.6 is 0 Å². The predicted octanol–water partition coefficient (Wildman–Crippen LogP) is 3.59. The first-order chi connectivity index (χ1) is 14.2. The smallest absolute Gasteiger partial charge is 0.243 e. The van der Waals surface area contributed by atoms with Crippen molar-refractivity contribution in [2.24, 2.45) is 5.92 Å². The standard InChI is InChI=1S/C23H30N2O4S/c1-16-7-12-22(17(2)14-16)18(3)24-23(26)19-6-5-13-25(15-19)30(27,28)21-10-8-20(29-4)9-11-21/h7-12,14,18-19H,5-6,13,15H2,1-4H3,(H,24,26). The zero-order valence-electron chi connectivity index (χ0n) is 18.0. The Bertz CT molecular complexity index is 1000. The fraction of sp³-hybridized carbons (Fsp3) is 0.435. The number of ether oxygens (including phenoxy) is 1. The molecule has 2 aromatic carbocycles. The highest BCUT2D eigenvalue weighted by molar-refractivity contribution is 7.89. The molecule has 0 saturated carbocycles. The van der Waals surface area contributed by atoms with Crippen LogP contribution in [0.25, 0.3) is 0 Å². The van der Waals surface area contributed by atoms with Gasteiger partial charge in [-0.1, -0.05) is 23.8 Å². The van der Waals surface area contributed by atoms with Crippen LogP contribution in [0.5, 0.6) is 5.75 Å². The van der Waals surface area contributed by atoms with Gasteiger partial charge in [-0.3, -0.25) is 4.79 Å². The van der Waals surface area contributed by atoms with Crippen molar-refractivity contribution in [3.63, 3.8) is 0 Å². The molecule has 1 aliphatic rings. The Balaban J connectivity index is 1.69. The highest BCUT2D eigenvalue weighted by atomic mass is 32.2. The topological polar surface area (TPSA) is 75.7 Å². The summed E-state index contributed by atoms with van der Waals surface area (Å²) in [7, 11) is -2.11. The van der Waals surface area contributed by atoms with Crippen molar-refractivity contribution in [3.05, 3.63) is 59.2 Å². The lowest BCUT2D eigenvalue weighted by molar-refractivity contribution is -0.126. The van der Waals surface area contributed by atoms with Crippen molar-refractivity contribution in [3.8, 4) is 5.75 Å². The number of hydrogen-bond donors (Lipinski definition) is 1. The van der Waals surface area contributed by atoms with Gasteiger partial charge in [0.15, 0.2) is 0 Å². The summed E-state index contributed by atoms with van der Waals surface area (Å²) < 4.78 is 32.6. The average Bonchev–Trinajstić information content (AvgIpc) is 2.73. The van der Waals surface area contributed by atoms with Gasteiger partial charge in [0.25, 0.3) is 0 Å². The molecule has 0 spiro atoms. The van der Waals surface area contributed by atoms with Gasteiger partial charge in [-0.25, -0.2) is 8.42 Å². The number of methoxy groups -OCH3 is 1. The van der Waals surface area contributed by atoms with E-state index in [-0.39, 0.29) is 29.3 Å². The third-order valence-corrected chi connectivity index (χ3v) is 7.58. The molecule has 2 unspecified atom stereocenters. The van der Waals surface area contributed by atoms with E-state index < -0.39 is 10.0 Å². The fourth-order valence-corrected chi connectivity index (χ4v) is 5.52. The van der Waals surface area contributed by atoms with Crippen molar-refractivity contribution in [1.82, 2.24) is 9.62 Å². The number of sulfonamides is 1. The molecule has 1 N–H and O–H groups in total. The van der Waals surface area contributed by atoms with E-state index in [0.29, 0.717) is 25.1 Å². The van der Waals surface area contributed by atoms with Crippen LogP contribution in [0.1, 0.15) is 42.5 Å². The Morgan fingerprint density at radius 1 is 1.17 bits per heavy atom. The summed E-state index contributed by atoms with van der Waals surface area (Å²) in [4.78, 5) is 13.1. The minimum Gasteiger partial charge on any atom is -0.497 e. The predicted molar refractivity (Wildman–Crippen MR) is 117 cm³/mol. The van der Waals surface area contributed by atoms with Crippen molar-refractivity contribution < 1.29 is 17.9 Å². The van der Waals surface area contributed by atoms with Crippen LogP contribution in [-0.2, 0) is 14.8 Å². The number of piperidine rings is 1. The molecular weight excluding hydrogens is 400 g/mol. The lowest BCUT2D eigenvalue weighted by Crippen LogP contribution is -2.45. The first-order valence-corrected chi connectivity index (χ1v) is 11.7. The molecular formula is C23H30N2O4S. The molecule has 162 valence electrons. The number of amides is 1. The summed E-state index contributed by atoms with van der Waals surface area (Å²) in [6.07, 6.45) is 1.34. The monoisotopic (exact) mass is 430 g/mol. The number of benzene rings is 2. The van der Waals surface area contributed by atoms with E-state index in [2.05, 4.69) is 11.4 Å². The Morgan fingerprint density at radius 3 is 2.50 bits per heavy atom. The van der Waals surface area contributed by atoms with E-state index in [9.17, 15) is 13.2 Å². The Hall–Kier alpha value is -2.38. The molecule has 1 amide bonds. The van der Waals surface area contributed by atoms with Crippen molar-refractivity contribution in [2.45, 2.75) is 44.6 Å². The molecule has 3 rings (SSSR count). The molecule has 0 radical (unpaired) electrons. The first kappa shape index (κ1) is 22.3. The molecule has 6 nitrogen and oxygen atoms in total. The number of rotatable bonds is 6. The minimum absolute atomic E-state index is 0.0999. The van der Waals surface area contributed by atoms with E-state index in [1.165, 1.54) is 17.0 Å². The van der Waals surface area contributed by atoms with Crippen LogP contribution in [0, 0.1) is 19.8 Å². The second kappa shape index (κ2) is 9.18. The highest BCUT2D eigenvalue weighted by Crippen LogP contribution is 2.26. The molecule has 2 aromatic rings. The minimum atomic E-state index is -3.65. The van der Waals surface area contributed by atoms with Gasteiger partial charge in [-0.15, -0.1) is 0 Å². The molecule has 1 saturated heterocycles. The number of carbonyl (C=O) groups excluding carboxylic acids is 1. The number of aryl methyl sites for hydroxylation is 2. The highest BCUT2D eigenvalue weighted by Gasteiger charge is 2.33. The fourth-order valence-electron chi connectivity index (χ4n) is 3.99. The van der Waals surface area contributed by atoms with E-state index in [4.69, 9.17) is 4.74 Å². The third-order valence-electron chi connectivity index (χ3n) is 5.70. The van der Waals surface area contributed by atoms with Gasteiger partial charge >= 0.3 is 0 Å². The van der Waals surface area contributed by atoms with Crippen LogP contribution in [0.3, 0.4) is 0 Å². The van der Waals surface area contributed by atoms with E-state index in [0.717, 1.165) is 11.1 Å². The lowest BCUT2D eigenvalue weighted by atomic mass is 9.96. The maximum Gasteiger partial charge on any atom is 0.243 e. The summed E-state index contributed by atoms with van der Waals surface area (Å²) in [5.74, 6) is 0.141. The lowest BCUT2D eigenvalue weighted by Gasteiger charge is -2.32. The van der Waals surface area contributed by atoms with Crippen molar-refractivity contribution in [2.75, 3.05) is 20.2 Å². The van der Waals surface area contributed by atoms with E-state index in [1.807, 2.05) is 32.9 Å². The SMILES string of the molecule is COc1ccc(S(=O)(=O)N2CCCC(C(=O)NC(C)c3ccc(C)cc3C)C2)cc1. The Kier molecular flexibility index (Phi) is 6.83. The number of nitrogens with one attached hydrogen (secondary N) is 1. The largest absolute Gasteiger partial charge is 0.497 e. The van der Waals surface area contributed by atoms with Gasteiger partial charge in [-0.05, 0) is 69.0 Å². The van der Waals surface area contributed by atoms with Crippen molar-refractivity contribution >= 4 is 15.9 Å². The third kappa shape index (κ3) is 4.84. The van der Waals surface area contributed by atoms with Crippen LogP contribution in [-0.4, -0.2) is 38.8 Å². The Morgan fingerprint density at radius 2 is 1.87 bits per heavy atom. The zero-order chi connectivity index (χ0) is 21.9. The summed E-state index contributed by atoms with van der Waals surface area (Å²) in [5, 5.41) is 3.08. The number of hydrogen-bond acceptors (Lipinski definition) is 4. The van der Waals surface area contributed by atoms with E-state index >= 15 is 0 Å². The quantitative estimate of drug-likeness (QED) is 0.760. The maximum absolute atomic E-state index is 13.0. The molecule has 0 aliphatic carbocycles. The van der Waals surface area contributed by atoms with Crippen LogP contribution < -0.4 is 10.1 Å². The van der Waals surface area contributed by atoms with Gasteiger partial charge in [0.2, 0.25) is 15.9 Å². The average molecular weight is 431 g/mol. The second-order valence-corrected chi connectivity index (χ2v) is 9.91. The first-order valence-electron chi connectivity index (χ1n) is 10.2. The van der Waals surface area contributed by atoms with Crippen LogP contribution in [0.15, 0.2) is 47.4 Å². The second-order valence-electron chi connectivity index (χ2n) is 7.97. The van der Waals surface area contributed by atoms with Crippen molar-refractivity contribution in [1.29, 1.82) is 0 Å². The normalized spacial score (nSPS) is 18.6. The molecule has 0 aromatic heterocycles. The molecule has 30 heavy (non-hydrogen) atoms. The maximum atomic E-state index is 13.0. The molecule has 1 fully saturated rings. The number of carbonyl (C=O) groups is 1. The van der Waals surface area contributed by atoms with Gasteiger partial charge < -0.3 is 10.1 Å². The van der Waals surface area contributed by atoms with E-state index in [1.54, 1.807) is 24.3 Å². The Labute approximate surface area is 179 Å². The van der Waals surface area contributed by atoms with Gasteiger partial charge in [0, 0.05) is 13.1 Å². The summed E-state index contributed by atoms with van der Waals surface area (Å²) >= 11 is 0. The van der Waals surface area contributed by atoms with Gasteiger partial charge in [-0.2, -0.15) is 4.31 Å². The van der Waals surface area contributed by atoms with Gasteiger partial charge in [0.1, 0.15) is 5.75 Å². The summed E-state index contributed by atoms with van der Waals surface area (Å²) in [5.41, 5.74) is 3.39. The zero-order valence-corrected chi connectivity index (χ0v) is 18.8. The molecule has 7 heteroatoms. The molecule has 1 heterocycles. The number of nitrogens with zero attached hydrogens (tertiary/aromatic N) is 1. The molecule has 0 bridgehead atoms. The molecule has 1 aliphatic heterocycles. The molecule has 2 atom stereocenters. The van der Waals surface area contributed by atoms with Crippen LogP contribution in [0.2, 0.25) is 0 Å². The summed E-state index contributed by atoms with van der Waals surface area (Å²) in [6.45, 7) is 6.66. The van der Waals surface area contributed by atoms with Crippen LogP contribution in [0.4, 0.5) is 0 Å². The summed E-state index contributed by atoms with van der Waals surface area (Å²) in [6, 6.07) is 12.4. The van der Waals surface area contributed by atoms with Gasteiger partial charge in [0.05, 0.1) is 24.0 Å².